The van der Waals surface area contributed by atoms with Gasteiger partial charge in [-0.15, -0.1) is 0 Å². The minimum absolute atomic E-state index is 0.0431. The molecule has 2 unspecified atom stereocenters. The van der Waals surface area contributed by atoms with Crippen molar-refractivity contribution in [2.75, 3.05) is 25.9 Å². The van der Waals surface area contributed by atoms with E-state index in [1.807, 2.05) is 6.92 Å². The summed E-state index contributed by atoms with van der Waals surface area (Å²) in [6.07, 6.45) is 0. The van der Waals surface area contributed by atoms with E-state index in [9.17, 15) is 9.59 Å². The van der Waals surface area contributed by atoms with Crippen LogP contribution in [-0.2, 0) is 9.53 Å². The maximum Gasteiger partial charge on any atom is 0.310 e. The van der Waals surface area contributed by atoms with Gasteiger partial charge >= 0.3 is 5.97 Å². The van der Waals surface area contributed by atoms with Crippen molar-refractivity contribution in [2.45, 2.75) is 6.92 Å². The Bertz CT molecular complexity index is 569. The summed E-state index contributed by atoms with van der Waals surface area (Å²) < 4.78 is 4.76. The number of hydrogen-bond acceptors (Lipinski definition) is 4. The van der Waals surface area contributed by atoms with E-state index >= 15 is 0 Å². The highest BCUT2D eigenvalue weighted by Gasteiger charge is 2.38. The zero-order valence-corrected chi connectivity index (χ0v) is 13.2. The van der Waals surface area contributed by atoms with E-state index in [2.05, 4.69) is 0 Å². The Morgan fingerprint density at radius 3 is 2.57 bits per heavy atom. The van der Waals surface area contributed by atoms with Crippen LogP contribution < -0.4 is 5.73 Å². The van der Waals surface area contributed by atoms with Crippen molar-refractivity contribution in [1.29, 1.82) is 0 Å². The number of carbonyl (C=O) groups excluding carboxylic acids is 2. The maximum atomic E-state index is 12.5. The van der Waals surface area contributed by atoms with Gasteiger partial charge in [-0.25, -0.2) is 0 Å². The van der Waals surface area contributed by atoms with E-state index in [0.29, 0.717) is 18.7 Å². The molecule has 21 heavy (non-hydrogen) atoms. The molecular weight excluding hydrogens is 315 g/mol. The summed E-state index contributed by atoms with van der Waals surface area (Å²) in [5.74, 6) is -0.787. The molecule has 1 aromatic rings. The number of anilines is 1. The molecule has 5 nitrogen and oxygen atoms in total. The molecule has 1 aliphatic heterocycles. The normalized spacial score (nSPS) is 21.4. The smallest absolute Gasteiger partial charge is 0.310 e. The minimum Gasteiger partial charge on any atom is -0.469 e. The lowest BCUT2D eigenvalue weighted by molar-refractivity contribution is -0.146. The number of hydrogen-bond donors (Lipinski definition) is 1. The second-order valence-electron chi connectivity index (χ2n) is 5.18. The van der Waals surface area contributed by atoms with Crippen LogP contribution in [0.1, 0.15) is 17.3 Å². The predicted molar refractivity (Wildman–Crippen MR) is 81.4 cm³/mol. The van der Waals surface area contributed by atoms with Gasteiger partial charge in [-0.2, -0.15) is 0 Å². The summed E-state index contributed by atoms with van der Waals surface area (Å²) in [7, 11) is 1.35. The zero-order chi connectivity index (χ0) is 15.7. The third-order valence-corrected chi connectivity index (χ3v) is 4.52. The van der Waals surface area contributed by atoms with Gasteiger partial charge in [-0.1, -0.05) is 30.1 Å². The molecule has 0 radical (unpaired) electrons. The number of carbonyl (C=O) groups is 2. The van der Waals surface area contributed by atoms with Crippen LogP contribution in [0.3, 0.4) is 0 Å². The lowest BCUT2D eigenvalue weighted by Crippen LogP contribution is -2.30. The van der Waals surface area contributed by atoms with Crippen LogP contribution in [-0.4, -0.2) is 37.0 Å². The number of amides is 1. The van der Waals surface area contributed by atoms with E-state index in [0.717, 1.165) is 0 Å². The first kappa shape index (κ1) is 15.9. The molecule has 1 fully saturated rings. The Balaban J connectivity index is 2.20. The van der Waals surface area contributed by atoms with Crippen LogP contribution in [0.15, 0.2) is 12.1 Å². The summed E-state index contributed by atoms with van der Waals surface area (Å²) in [6.45, 7) is 2.73. The average Bonchev–Trinajstić information content (AvgIpc) is 2.84. The summed E-state index contributed by atoms with van der Waals surface area (Å²) in [5, 5.41) is 0.465. The van der Waals surface area contributed by atoms with Gasteiger partial charge < -0.3 is 15.4 Å². The second-order valence-corrected chi connectivity index (χ2v) is 5.96. The first-order valence-electron chi connectivity index (χ1n) is 6.46. The molecular formula is C14H16Cl2N2O3. The van der Waals surface area contributed by atoms with Crippen molar-refractivity contribution in [3.63, 3.8) is 0 Å². The summed E-state index contributed by atoms with van der Waals surface area (Å²) in [5.41, 5.74) is 6.34. The monoisotopic (exact) mass is 330 g/mol. The van der Waals surface area contributed by atoms with E-state index < -0.39 is 0 Å². The van der Waals surface area contributed by atoms with Gasteiger partial charge in [0.25, 0.3) is 5.91 Å². The molecule has 7 heteroatoms. The lowest BCUT2D eigenvalue weighted by Gasteiger charge is -2.17. The van der Waals surface area contributed by atoms with Crippen LogP contribution in [0.4, 0.5) is 5.69 Å². The highest BCUT2D eigenvalue weighted by molar-refractivity contribution is 6.43. The molecule has 0 aromatic heterocycles. The van der Waals surface area contributed by atoms with Gasteiger partial charge in [0, 0.05) is 18.7 Å². The van der Waals surface area contributed by atoms with Crippen molar-refractivity contribution in [1.82, 2.24) is 4.90 Å². The maximum absolute atomic E-state index is 12.5. The fourth-order valence-corrected chi connectivity index (χ4v) is 2.84. The van der Waals surface area contributed by atoms with Gasteiger partial charge in [0.2, 0.25) is 0 Å². The number of nitrogens with zero attached hydrogens (tertiary/aromatic N) is 1. The second kappa shape index (κ2) is 6.12. The van der Waals surface area contributed by atoms with E-state index in [1.165, 1.54) is 19.2 Å². The summed E-state index contributed by atoms with van der Waals surface area (Å²) in [6, 6.07) is 2.98. The molecule has 1 saturated heterocycles. The Hall–Kier alpha value is -1.46. The Morgan fingerprint density at radius 1 is 1.33 bits per heavy atom. The largest absolute Gasteiger partial charge is 0.469 e. The van der Waals surface area contributed by atoms with Gasteiger partial charge in [-0.3, -0.25) is 9.59 Å². The average molecular weight is 331 g/mol. The standard InChI is InChI=1S/C14H16Cl2N2O3/c1-7-5-18(6-9(7)14(20)21-2)13(19)8-3-10(15)12(16)11(17)4-8/h3-4,7,9H,5-6,17H2,1-2H3. The molecule has 1 amide bonds. The highest BCUT2D eigenvalue weighted by atomic mass is 35.5. The number of benzene rings is 1. The highest BCUT2D eigenvalue weighted by Crippen LogP contribution is 2.31. The molecule has 0 bridgehead atoms. The number of rotatable bonds is 2. The Kier molecular flexibility index (Phi) is 4.64. The molecule has 0 saturated carbocycles. The van der Waals surface area contributed by atoms with Crippen molar-refractivity contribution in [3.8, 4) is 0 Å². The molecule has 0 aliphatic carbocycles. The minimum atomic E-state index is -0.306. The quantitative estimate of drug-likeness (QED) is 0.667. The predicted octanol–water partition coefficient (Wildman–Crippen LogP) is 2.46. The fraction of sp³-hybridized carbons (Fsp3) is 0.429. The summed E-state index contributed by atoms with van der Waals surface area (Å²) in [4.78, 5) is 25.7. The topological polar surface area (TPSA) is 72.6 Å². The first-order valence-corrected chi connectivity index (χ1v) is 7.22. The molecule has 2 rings (SSSR count). The SMILES string of the molecule is COC(=O)C1CN(C(=O)c2cc(N)c(Cl)c(Cl)c2)CC1C. The van der Waals surface area contributed by atoms with Crippen LogP contribution >= 0.6 is 23.2 Å². The molecule has 0 spiro atoms. The lowest BCUT2D eigenvalue weighted by atomic mass is 9.99. The number of esters is 1. The third-order valence-electron chi connectivity index (χ3n) is 3.71. The van der Waals surface area contributed by atoms with Crippen LogP contribution in [0, 0.1) is 11.8 Å². The number of likely N-dealkylation sites (tertiary alicyclic amines) is 1. The molecule has 114 valence electrons. The van der Waals surface area contributed by atoms with Crippen molar-refractivity contribution in [3.05, 3.63) is 27.7 Å². The number of methoxy groups -OCH3 is 1. The van der Waals surface area contributed by atoms with E-state index in [1.54, 1.807) is 4.90 Å². The van der Waals surface area contributed by atoms with Gasteiger partial charge in [-0.05, 0) is 18.1 Å². The number of nitrogens with two attached hydrogens (primary N) is 1. The molecule has 1 aromatic carbocycles. The zero-order valence-electron chi connectivity index (χ0n) is 11.7. The van der Waals surface area contributed by atoms with Crippen molar-refractivity contribution >= 4 is 40.8 Å². The van der Waals surface area contributed by atoms with Crippen LogP contribution in [0.25, 0.3) is 0 Å². The van der Waals surface area contributed by atoms with E-state index in [4.69, 9.17) is 33.7 Å². The Labute approximate surface area is 132 Å². The first-order chi connectivity index (χ1) is 9.85. The number of nitrogen functional groups attached to an aromatic ring is 1. The van der Waals surface area contributed by atoms with Gasteiger partial charge in [0.1, 0.15) is 0 Å². The molecule has 2 atom stereocenters. The van der Waals surface area contributed by atoms with E-state index in [-0.39, 0.29) is 39.4 Å². The molecule has 2 N–H and O–H groups in total. The number of ether oxygens (including phenoxy) is 1. The van der Waals surface area contributed by atoms with Gasteiger partial charge in [0.05, 0.1) is 28.8 Å². The van der Waals surface area contributed by atoms with Crippen LogP contribution in [0.2, 0.25) is 10.0 Å². The third kappa shape index (κ3) is 3.09. The Morgan fingerprint density at radius 2 is 2.00 bits per heavy atom. The fourth-order valence-electron chi connectivity index (χ4n) is 2.51. The molecule has 1 heterocycles. The van der Waals surface area contributed by atoms with Crippen LogP contribution in [0.5, 0.6) is 0 Å². The van der Waals surface area contributed by atoms with Gasteiger partial charge in [0.15, 0.2) is 0 Å². The number of halogens is 2. The van der Waals surface area contributed by atoms with Crippen molar-refractivity contribution < 1.29 is 14.3 Å². The van der Waals surface area contributed by atoms with Crippen molar-refractivity contribution in [2.24, 2.45) is 11.8 Å². The molecule has 1 aliphatic rings. The summed E-state index contributed by atoms with van der Waals surface area (Å²) >= 11 is 11.8.